The van der Waals surface area contributed by atoms with Gasteiger partial charge in [-0.1, -0.05) is 50.5 Å². The summed E-state index contributed by atoms with van der Waals surface area (Å²) >= 11 is 0. The highest BCUT2D eigenvalue weighted by atomic mass is 16.3. The normalized spacial score (nSPS) is 20.6. The SMILES string of the molecule is CC(O)CC(C)c1ccc(C2CCCCC2)cc1. The van der Waals surface area contributed by atoms with Gasteiger partial charge in [0.1, 0.15) is 0 Å². The van der Waals surface area contributed by atoms with E-state index in [1.807, 2.05) is 6.92 Å². The predicted octanol–water partition coefficient (Wildman–Crippen LogP) is 4.61. The van der Waals surface area contributed by atoms with E-state index in [0.29, 0.717) is 5.92 Å². The summed E-state index contributed by atoms with van der Waals surface area (Å²) in [5, 5.41) is 9.44. The summed E-state index contributed by atoms with van der Waals surface area (Å²) in [6, 6.07) is 9.14. The zero-order valence-electron chi connectivity index (χ0n) is 11.7. The molecule has 2 rings (SSSR count). The molecule has 0 bridgehead atoms. The lowest BCUT2D eigenvalue weighted by Crippen LogP contribution is -2.07. The van der Waals surface area contributed by atoms with Crippen molar-refractivity contribution in [1.82, 2.24) is 0 Å². The molecule has 1 aliphatic rings. The highest BCUT2D eigenvalue weighted by molar-refractivity contribution is 5.27. The molecule has 1 N–H and O–H groups in total. The summed E-state index contributed by atoms with van der Waals surface area (Å²) in [7, 11) is 0. The molecule has 100 valence electrons. The van der Waals surface area contributed by atoms with Gasteiger partial charge in [-0.05, 0) is 49.1 Å². The number of hydrogen-bond acceptors (Lipinski definition) is 1. The number of aliphatic hydroxyl groups is 1. The Morgan fingerprint density at radius 2 is 1.67 bits per heavy atom. The fourth-order valence-corrected chi connectivity index (χ4v) is 3.18. The molecule has 1 aromatic rings. The van der Waals surface area contributed by atoms with E-state index in [1.54, 1.807) is 0 Å². The predicted molar refractivity (Wildman–Crippen MR) is 77.0 cm³/mol. The Kier molecular flexibility index (Phi) is 4.82. The van der Waals surface area contributed by atoms with Crippen LogP contribution in [0.5, 0.6) is 0 Å². The van der Waals surface area contributed by atoms with E-state index in [1.165, 1.54) is 43.2 Å². The van der Waals surface area contributed by atoms with E-state index in [-0.39, 0.29) is 6.10 Å². The van der Waals surface area contributed by atoms with Crippen LogP contribution >= 0.6 is 0 Å². The molecule has 1 saturated carbocycles. The molecule has 2 unspecified atom stereocenters. The lowest BCUT2D eigenvalue weighted by molar-refractivity contribution is 0.176. The minimum absolute atomic E-state index is 0.210. The average molecular weight is 246 g/mol. The monoisotopic (exact) mass is 246 g/mol. The van der Waals surface area contributed by atoms with Crippen LogP contribution < -0.4 is 0 Å². The molecular formula is C17H26O. The summed E-state index contributed by atoms with van der Waals surface area (Å²) in [6.45, 7) is 4.06. The van der Waals surface area contributed by atoms with Crippen LogP contribution in [0.1, 0.15) is 75.3 Å². The molecule has 1 aromatic carbocycles. The Hall–Kier alpha value is -0.820. The first-order valence-electron chi connectivity index (χ1n) is 7.44. The maximum absolute atomic E-state index is 9.44. The van der Waals surface area contributed by atoms with Crippen molar-refractivity contribution in [3.8, 4) is 0 Å². The first kappa shape index (κ1) is 13.6. The maximum atomic E-state index is 9.44. The van der Waals surface area contributed by atoms with Crippen LogP contribution in [-0.4, -0.2) is 11.2 Å². The smallest absolute Gasteiger partial charge is 0.0517 e. The van der Waals surface area contributed by atoms with Crippen LogP contribution in [0.25, 0.3) is 0 Å². The van der Waals surface area contributed by atoms with Gasteiger partial charge in [0.15, 0.2) is 0 Å². The Bertz CT molecular complexity index is 346. The number of aliphatic hydroxyl groups excluding tert-OH is 1. The average Bonchev–Trinajstić information content (AvgIpc) is 2.39. The zero-order chi connectivity index (χ0) is 13.0. The molecule has 1 fully saturated rings. The Morgan fingerprint density at radius 1 is 1.06 bits per heavy atom. The van der Waals surface area contributed by atoms with E-state index < -0.39 is 0 Å². The topological polar surface area (TPSA) is 20.2 Å². The third-order valence-electron chi connectivity index (χ3n) is 4.28. The molecular weight excluding hydrogens is 220 g/mol. The standard InChI is InChI=1S/C17H26O/c1-13(12-14(2)18)15-8-10-17(11-9-15)16-6-4-3-5-7-16/h8-11,13-14,16,18H,3-7,12H2,1-2H3. The van der Waals surface area contributed by atoms with Gasteiger partial charge in [-0.25, -0.2) is 0 Å². The quantitative estimate of drug-likeness (QED) is 0.822. The number of hydrogen-bond donors (Lipinski definition) is 1. The summed E-state index contributed by atoms with van der Waals surface area (Å²) in [5.41, 5.74) is 2.87. The molecule has 1 heteroatoms. The van der Waals surface area contributed by atoms with Crippen molar-refractivity contribution in [2.45, 2.75) is 70.3 Å². The summed E-state index contributed by atoms with van der Waals surface area (Å²) in [4.78, 5) is 0. The first-order chi connectivity index (χ1) is 8.66. The fraction of sp³-hybridized carbons (Fsp3) is 0.647. The van der Waals surface area contributed by atoms with Gasteiger partial charge < -0.3 is 5.11 Å². The Balaban J connectivity index is 2.00. The van der Waals surface area contributed by atoms with Gasteiger partial charge in [0.25, 0.3) is 0 Å². The molecule has 2 atom stereocenters. The van der Waals surface area contributed by atoms with E-state index in [0.717, 1.165) is 12.3 Å². The summed E-state index contributed by atoms with van der Waals surface area (Å²) < 4.78 is 0. The molecule has 0 saturated heterocycles. The van der Waals surface area contributed by atoms with Gasteiger partial charge in [-0.3, -0.25) is 0 Å². The van der Waals surface area contributed by atoms with Gasteiger partial charge in [-0.2, -0.15) is 0 Å². The summed E-state index contributed by atoms with van der Waals surface area (Å²) in [5.74, 6) is 1.24. The van der Waals surface area contributed by atoms with E-state index >= 15 is 0 Å². The minimum Gasteiger partial charge on any atom is -0.393 e. The van der Waals surface area contributed by atoms with Crippen molar-refractivity contribution in [2.75, 3.05) is 0 Å². The van der Waals surface area contributed by atoms with E-state index in [2.05, 4.69) is 31.2 Å². The van der Waals surface area contributed by atoms with Crippen LogP contribution in [0.4, 0.5) is 0 Å². The first-order valence-corrected chi connectivity index (χ1v) is 7.44. The molecule has 0 amide bonds. The van der Waals surface area contributed by atoms with Crippen LogP contribution in [0.15, 0.2) is 24.3 Å². The zero-order valence-corrected chi connectivity index (χ0v) is 11.7. The Morgan fingerprint density at radius 3 is 2.22 bits per heavy atom. The largest absolute Gasteiger partial charge is 0.393 e. The van der Waals surface area contributed by atoms with Crippen molar-refractivity contribution in [2.24, 2.45) is 0 Å². The van der Waals surface area contributed by atoms with Crippen LogP contribution in [0.3, 0.4) is 0 Å². The molecule has 0 aliphatic heterocycles. The molecule has 0 radical (unpaired) electrons. The number of benzene rings is 1. The second-order valence-electron chi connectivity index (χ2n) is 5.99. The van der Waals surface area contributed by atoms with Gasteiger partial charge in [0.05, 0.1) is 6.10 Å². The molecule has 18 heavy (non-hydrogen) atoms. The van der Waals surface area contributed by atoms with E-state index in [4.69, 9.17) is 0 Å². The lowest BCUT2D eigenvalue weighted by atomic mass is 9.83. The molecule has 0 spiro atoms. The van der Waals surface area contributed by atoms with Gasteiger partial charge >= 0.3 is 0 Å². The van der Waals surface area contributed by atoms with Crippen molar-refractivity contribution < 1.29 is 5.11 Å². The minimum atomic E-state index is -0.210. The molecule has 1 nitrogen and oxygen atoms in total. The van der Waals surface area contributed by atoms with Crippen LogP contribution in [-0.2, 0) is 0 Å². The third kappa shape index (κ3) is 3.58. The van der Waals surface area contributed by atoms with E-state index in [9.17, 15) is 5.11 Å². The number of rotatable bonds is 4. The highest BCUT2D eigenvalue weighted by Crippen LogP contribution is 2.33. The molecule has 1 aliphatic carbocycles. The molecule has 0 aromatic heterocycles. The lowest BCUT2D eigenvalue weighted by Gasteiger charge is -2.22. The van der Waals surface area contributed by atoms with Gasteiger partial charge in [-0.15, -0.1) is 0 Å². The second kappa shape index (κ2) is 6.38. The summed E-state index contributed by atoms with van der Waals surface area (Å²) in [6.07, 6.45) is 7.57. The van der Waals surface area contributed by atoms with Crippen molar-refractivity contribution in [3.05, 3.63) is 35.4 Å². The highest BCUT2D eigenvalue weighted by Gasteiger charge is 2.16. The Labute approximate surface area is 111 Å². The van der Waals surface area contributed by atoms with Crippen LogP contribution in [0, 0.1) is 0 Å². The van der Waals surface area contributed by atoms with Gasteiger partial charge in [0, 0.05) is 0 Å². The van der Waals surface area contributed by atoms with Crippen molar-refractivity contribution in [3.63, 3.8) is 0 Å². The fourth-order valence-electron chi connectivity index (χ4n) is 3.18. The van der Waals surface area contributed by atoms with Crippen LogP contribution in [0.2, 0.25) is 0 Å². The van der Waals surface area contributed by atoms with Crippen molar-refractivity contribution in [1.29, 1.82) is 0 Å². The third-order valence-corrected chi connectivity index (χ3v) is 4.28. The second-order valence-corrected chi connectivity index (χ2v) is 5.99. The maximum Gasteiger partial charge on any atom is 0.0517 e. The molecule has 0 heterocycles. The van der Waals surface area contributed by atoms with Crippen molar-refractivity contribution >= 4 is 0 Å². The van der Waals surface area contributed by atoms with Gasteiger partial charge in [0.2, 0.25) is 0 Å².